The van der Waals surface area contributed by atoms with E-state index in [1.165, 1.54) is 28.0 Å². The lowest BCUT2D eigenvalue weighted by Crippen LogP contribution is -2.39. The maximum atomic E-state index is 13.4. The van der Waals surface area contributed by atoms with E-state index >= 15 is 0 Å². The van der Waals surface area contributed by atoms with Crippen molar-refractivity contribution in [3.8, 4) is 5.69 Å². The molecule has 4 aromatic rings. The number of carbonyl (C=O) groups is 1. The zero-order chi connectivity index (χ0) is 21.6. The first-order valence-corrected chi connectivity index (χ1v) is 10.7. The lowest BCUT2D eigenvalue weighted by molar-refractivity contribution is 0.0972. The zero-order valence-electron chi connectivity index (χ0n) is 16.1. The Balaban J connectivity index is 2.01. The summed E-state index contributed by atoms with van der Waals surface area (Å²) in [4.78, 5) is 40.9. The van der Waals surface area contributed by atoms with Gasteiger partial charge in [0.05, 0.1) is 27.7 Å². The van der Waals surface area contributed by atoms with Gasteiger partial charge in [-0.15, -0.1) is 11.3 Å². The molecule has 0 fully saturated rings. The Morgan fingerprint density at radius 2 is 1.70 bits per heavy atom. The van der Waals surface area contributed by atoms with E-state index < -0.39 is 11.2 Å². The summed E-state index contributed by atoms with van der Waals surface area (Å²) in [5, 5.41) is 0.964. The minimum Gasteiger partial charge on any atom is -0.292 e. The van der Waals surface area contributed by atoms with Crippen molar-refractivity contribution < 1.29 is 4.79 Å². The fraction of sp³-hybridized carbons (Fsp3) is 0.136. The minimum absolute atomic E-state index is 0.180. The Kier molecular flexibility index (Phi) is 5.40. The molecular formula is C22H16Cl2N2O3S. The number of aromatic nitrogens is 2. The third-order valence-corrected chi connectivity index (χ3v) is 6.98. The summed E-state index contributed by atoms with van der Waals surface area (Å²) in [6.45, 7) is 3.54. The molecule has 8 heteroatoms. The average molecular weight is 459 g/mol. The molecule has 5 nitrogen and oxygen atoms in total. The number of nitrogens with zero attached hydrogens (tertiary/aromatic N) is 2. The topological polar surface area (TPSA) is 61.1 Å². The number of rotatable bonds is 4. The fourth-order valence-electron chi connectivity index (χ4n) is 3.31. The SMILES string of the molecule is Cc1sc2c(c1C)c(=O)n(-c1ccc(Cl)c(Cl)c1)c(=O)n2CC(=O)c1ccccc1. The standard InChI is InChI=1S/C22H16Cl2N2O3S/c1-12-13(2)30-21-19(12)20(28)26(15-8-9-16(23)17(24)10-15)22(29)25(21)11-18(27)14-6-4-3-5-7-14/h3-10H,11H2,1-2H3. The highest BCUT2D eigenvalue weighted by Gasteiger charge is 2.21. The number of hydrogen-bond donors (Lipinski definition) is 0. The van der Waals surface area contributed by atoms with Gasteiger partial charge in [-0.3, -0.25) is 14.2 Å². The molecule has 0 N–H and O–H groups in total. The van der Waals surface area contributed by atoms with Crippen molar-refractivity contribution in [1.82, 2.24) is 9.13 Å². The number of aryl methyl sites for hydroxylation is 2. The van der Waals surface area contributed by atoms with Gasteiger partial charge >= 0.3 is 5.69 Å². The smallest absolute Gasteiger partial charge is 0.292 e. The number of Topliss-reactive ketones (excluding diaryl/α,β-unsaturated/α-hetero) is 1. The first-order valence-electron chi connectivity index (χ1n) is 9.09. The van der Waals surface area contributed by atoms with Crippen molar-refractivity contribution in [2.75, 3.05) is 0 Å². The van der Waals surface area contributed by atoms with E-state index in [1.54, 1.807) is 30.3 Å². The van der Waals surface area contributed by atoms with Crippen molar-refractivity contribution in [2.24, 2.45) is 0 Å². The van der Waals surface area contributed by atoms with Gasteiger partial charge in [0, 0.05) is 10.4 Å². The Hall–Kier alpha value is -2.67. The summed E-state index contributed by atoms with van der Waals surface area (Å²) in [6.07, 6.45) is 0. The Morgan fingerprint density at radius 1 is 1.00 bits per heavy atom. The van der Waals surface area contributed by atoms with Crippen molar-refractivity contribution >= 4 is 50.5 Å². The minimum atomic E-state index is -0.601. The molecule has 2 aromatic heterocycles. The predicted molar refractivity (Wildman–Crippen MR) is 122 cm³/mol. The van der Waals surface area contributed by atoms with Crippen LogP contribution >= 0.6 is 34.5 Å². The monoisotopic (exact) mass is 458 g/mol. The van der Waals surface area contributed by atoms with Crippen LogP contribution < -0.4 is 11.2 Å². The van der Waals surface area contributed by atoms with E-state index in [0.717, 1.165) is 15.0 Å². The van der Waals surface area contributed by atoms with Crippen LogP contribution in [0.5, 0.6) is 0 Å². The van der Waals surface area contributed by atoms with Gasteiger partial charge < -0.3 is 0 Å². The number of ketones is 1. The first-order chi connectivity index (χ1) is 14.3. The summed E-state index contributed by atoms with van der Waals surface area (Å²) < 4.78 is 2.40. The number of benzene rings is 2. The molecule has 0 saturated carbocycles. The van der Waals surface area contributed by atoms with Gasteiger partial charge in [-0.1, -0.05) is 53.5 Å². The van der Waals surface area contributed by atoms with E-state index in [9.17, 15) is 14.4 Å². The Bertz CT molecular complexity index is 1420. The van der Waals surface area contributed by atoms with Gasteiger partial charge in [-0.05, 0) is 37.6 Å². The summed E-state index contributed by atoms with van der Waals surface area (Å²) in [6, 6.07) is 13.3. The highest BCUT2D eigenvalue weighted by atomic mass is 35.5. The van der Waals surface area contributed by atoms with Gasteiger partial charge in [-0.25, -0.2) is 9.36 Å². The Labute approximate surface area is 185 Å². The molecule has 2 aromatic carbocycles. The molecular weight excluding hydrogens is 443 g/mol. The largest absolute Gasteiger partial charge is 0.337 e. The summed E-state index contributed by atoms with van der Waals surface area (Å²) in [5.74, 6) is -0.220. The quantitative estimate of drug-likeness (QED) is 0.403. The summed E-state index contributed by atoms with van der Waals surface area (Å²) >= 11 is 13.4. The second-order valence-electron chi connectivity index (χ2n) is 6.86. The van der Waals surface area contributed by atoms with Crippen LogP contribution in [0.25, 0.3) is 15.9 Å². The maximum absolute atomic E-state index is 13.4. The van der Waals surface area contributed by atoms with Crippen molar-refractivity contribution in [3.05, 3.63) is 95.4 Å². The molecule has 0 atom stereocenters. The van der Waals surface area contributed by atoms with Crippen LogP contribution in [0, 0.1) is 13.8 Å². The van der Waals surface area contributed by atoms with Crippen LogP contribution in [0.15, 0.2) is 58.1 Å². The number of thiophene rings is 1. The lowest BCUT2D eigenvalue weighted by atomic mass is 10.1. The van der Waals surface area contributed by atoms with Gasteiger partial charge in [0.25, 0.3) is 5.56 Å². The highest BCUT2D eigenvalue weighted by molar-refractivity contribution is 7.18. The van der Waals surface area contributed by atoms with Crippen LogP contribution in [0.3, 0.4) is 0 Å². The van der Waals surface area contributed by atoms with E-state index in [0.29, 0.717) is 26.5 Å². The molecule has 0 radical (unpaired) electrons. The molecule has 0 aliphatic carbocycles. The summed E-state index contributed by atoms with van der Waals surface area (Å²) in [7, 11) is 0. The zero-order valence-corrected chi connectivity index (χ0v) is 18.4. The van der Waals surface area contributed by atoms with Crippen molar-refractivity contribution in [3.63, 3.8) is 0 Å². The molecule has 0 amide bonds. The fourth-order valence-corrected chi connectivity index (χ4v) is 4.74. The average Bonchev–Trinajstić information content (AvgIpc) is 3.03. The number of hydrogen-bond acceptors (Lipinski definition) is 4. The molecule has 0 unspecified atom stereocenters. The third-order valence-electron chi connectivity index (χ3n) is 5.01. The van der Waals surface area contributed by atoms with Crippen LogP contribution in [-0.4, -0.2) is 14.9 Å². The molecule has 0 bridgehead atoms. The molecule has 0 saturated heterocycles. The third kappa shape index (κ3) is 3.41. The molecule has 0 aliphatic heterocycles. The molecule has 0 aliphatic rings. The van der Waals surface area contributed by atoms with E-state index in [-0.39, 0.29) is 17.4 Å². The molecule has 0 spiro atoms. The Morgan fingerprint density at radius 3 is 2.37 bits per heavy atom. The molecule has 30 heavy (non-hydrogen) atoms. The predicted octanol–water partition coefficient (Wildman–Crippen LogP) is 5.02. The van der Waals surface area contributed by atoms with E-state index in [4.69, 9.17) is 23.2 Å². The van der Waals surface area contributed by atoms with Crippen LogP contribution in [-0.2, 0) is 6.54 Å². The second kappa shape index (κ2) is 7.87. The highest BCUT2D eigenvalue weighted by Crippen LogP contribution is 2.28. The van der Waals surface area contributed by atoms with Crippen LogP contribution in [0.2, 0.25) is 10.0 Å². The van der Waals surface area contributed by atoms with Gasteiger partial charge in [0.15, 0.2) is 5.78 Å². The van der Waals surface area contributed by atoms with Gasteiger partial charge in [0.2, 0.25) is 0 Å². The number of carbonyl (C=O) groups excluding carboxylic acids is 1. The van der Waals surface area contributed by atoms with Gasteiger partial charge in [-0.2, -0.15) is 0 Å². The van der Waals surface area contributed by atoms with Crippen LogP contribution in [0.1, 0.15) is 20.8 Å². The van der Waals surface area contributed by atoms with Crippen LogP contribution in [0.4, 0.5) is 0 Å². The number of halogens is 2. The normalized spacial score (nSPS) is 11.2. The molecule has 4 rings (SSSR count). The summed E-state index contributed by atoms with van der Waals surface area (Å²) in [5.41, 5.74) is 0.532. The maximum Gasteiger partial charge on any atom is 0.337 e. The van der Waals surface area contributed by atoms with Crippen molar-refractivity contribution in [1.29, 1.82) is 0 Å². The second-order valence-corrected chi connectivity index (χ2v) is 8.88. The molecule has 2 heterocycles. The lowest BCUT2D eigenvalue weighted by Gasteiger charge is -2.12. The van der Waals surface area contributed by atoms with E-state index in [2.05, 4.69) is 0 Å². The molecule has 152 valence electrons. The van der Waals surface area contributed by atoms with Gasteiger partial charge in [0.1, 0.15) is 4.83 Å². The number of fused-ring (bicyclic) bond motifs is 1. The van der Waals surface area contributed by atoms with Crippen molar-refractivity contribution in [2.45, 2.75) is 20.4 Å². The first kappa shape index (κ1) is 20.6. The van der Waals surface area contributed by atoms with E-state index in [1.807, 2.05) is 19.9 Å².